The molecule has 13 rings (SSSR count). The van der Waals surface area contributed by atoms with E-state index in [2.05, 4.69) is 223 Å². The van der Waals surface area contributed by atoms with Gasteiger partial charge in [0.1, 0.15) is 5.58 Å². The molecule has 376 valence electrons. The lowest BCUT2D eigenvalue weighted by Crippen LogP contribution is -2.43. The van der Waals surface area contributed by atoms with E-state index in [0.29, 0.717) is 0 Å². The summed E-state index contributed by atoms with van der Waals surface area (Å²) in [6.45, 7) is 36.9. The number of para-hydroxylation sites is 1. The molecule has 0 bridgehead atoms. The molecule has 4 aliphatic carbocycles. The molecular weight excluding hydrogens is 896 g/mol. The number of rotatable bonds is 4. The first kappa shape index (κ1) is 47.7. The highest BCUT2D eigenvalue weighted by Crippen LogP contribution is 2.59. The van der Waals surface area contributed by atoms with Crippen LogP contribution in [0.1, 0.15) is 186 Å². The first-order valence-electron chi connectivity index (χ1n) is 28.1. The molecule has 0 atom stereocenters. The fourth-order valence-corrected chi connectivity index (χ4v) is 15.1. The van der Waals surface area contributed by atoms with E-state index in [9.17, 15) is 0 Å². The first-order valence-corrected chi connectivity index (χ1v) is 28.1. The minimum atomic E-state index is -0.290. The van der Waals surface area contributed by atoms with Gasteiger partial charge in [0.2, 0.25) is 0 Å². The molecule has 0 saturated heterocycles. The van der Waals surface area contributed by atoms with Crippen molar-refractivity contribution in [1.29, 1.82) is 0 Å². The average molecular weight is 973 g/mol. The molecule has 0 unspecified atom stereocenters. The van der Waals surface area contributed by atoms with Gasteiger partial charge in [0.25, 0.3) is 0 Å². The van der Waals surface area contributed by atoms with E-state index in [1.165, 1.54) is 136 Å². The third-order valence-electron chi connectivity index (χ3n) is 20.2. The second kappa shape index (κ2) is 15.3. The van der Waals surface area contributed by atoms with Gasteiger partial charge in [-0.25, -0.2) is 0 Å². The molecule has 7 aromatic carbocycles. The van der Waals surface area contributed by atoms with Gasteiger partial charge in [-0.2, -0.15) is 0 Å². The number of nitrogens with one attached hydrogen (secondary N) is 1. The van der Waals surface area contributed by atoms with Crippen LogP contribution >= 0.6 is 0 Å². The van der Waals surface area contributed by atoms with Crippen LogP contribution in [0.4, 0.5) is 28.4 Å². The zero-order valence-electron chi connectivity index (χ0n) is 47.2. The van der Waals surface area contributed by atoms with E-state index in [0.717, 1.165) is 43.1 Å². The molecule has 74 heavy (non-hydrogen) atoms. The molecule has 0 spiro atoms. The van der Waals surface area contributed by atoms with Crippen LogP contribution in [0, 0.1) is 6.92 Å². The summed E-state index contributed by atoms with van der Waals surface area (Å²) in [5, 5.41) is 6.58. The Bertz CT molecular complexity index is 3740. The van der Waals surface area contributed by atoms with Crippen molar-refractivity contribution in [3.8, 4) is 22.3 Å². The largest absolute Gasteiger partial charge is 0.454 e. The Kier molecular flexibility index (Phi) is 9.88. The van der Waals surface area contributed by atoms with Crippen LogP contribution in [0.2, 0.25) is 0 Å². The van der Waals surface area contributed by atoms with Gasteiger partial charge in [0.05, 0.1) is 5.69 Å². The third-order valence-corrected chi connectivity index (χ3v) is 20.2. The number of nitrogens with zero attached hydrogens (tertiary/aromatic N) is 1. The lowest BCUT2D eigenvalue weighted by molar-refractivity contribution is 0.332. The smallest absolute Gasteiger partial charge is 0.198 e. The molecule has 0 amide bonds. The fourth-order valence-electron chi connectivity index (χ4n) is 15.1. The van der Waals surface area contributed by atoms with Crippen LogP contribution in [-0.2, 0) is 37.9 Å². The van der Waals surface area contributed by atoms with Crippen molar-refractivity contribution in [3.63, 3.8) is 0 Å². The maximum Gasteiger partial charge on any atom is 0.198 e. The van der Waals surface area contributed by atoms with Crippen molar-refractivity contribution >= 4 is 68.6 Å². The van der Waals surface area contributed by atoms with E-state index in [1.54, 1.807) is 0 Å². The highest BCUT2D eigenvalue weighted by atomic mass is 16.3. The van der Waals surface area contributed by atoms with E-state index >= 15 is 0 Å². The van der Waals surface area contributed by atoms with Crippen molar-refractivity contribution in [1.82, 2.24) is 0 Å². The van der Waals surface area contributed by atoms with Crippen LogP contribution < -0.4 is 21.1 Å². The molecule has 1 aliphatic heterocycles. The van der Waals surface area contributed by atoms with Crippen molar-refractivity contribution in [2.75, 3.05) is 10.2 Å². The standard InChI is InChI=1S/C70H77BN2O/c1-40-34-50-54(69(12,13)33-30-65(50,4)5)39-57(40)73-61-55(27-25-44-43-21-17-19-23-58(43)74-63(44)61)71-60-47(36-46-42-20-16-18-22-48(42)70(14,15)59(46)62(60)73)45-37-52-53(68(10,11)32-31-67(52,8)9)38-56(45)72-41-24-26-49-51(35-41)66(6,7)29-28-64(49,2)3/h16-27,34-39,71-72H,28-33H2,1-15H3. The molecular formula is C70H77BN2O. The first-order chi connectivity index (χ1) is 34.8. The number of benzene rings is 7. The van der Waals surface area contributed by atoms with Gasteiger partial charge in [-0.1, -0.05) is 169 Å². The maximum absolute atomic E-state index is 7.20. The predicted molar refractivity (Wildman–Crippen MR) is 318 cm³/mol. The van der Waals surface area contributed by atoms with Crippen molar-refractivity contribution < 1.29 is 4.42 Å². The molecule has 0 radical (unpaired) electrons. The minimum absolute atomic E-state index is 0.0112. The number of aryl methyl sites for hydroxylation is 1. The summed E-state index contributed by atoms with van der Waals surface area (Å²) in [5.74, 6) is 0. The predicted octanol–water partition coefficient (Wildman–Crippen LogP) is 17.8. The van der Waals surface area contributed by atoms with Crippen LogP contribution in [-0.4, -0.2) is 7.28 Å². The number of fused-ring (bicyclic) bond motifs is 13. The molecule has 5 aliphatic rings. The Morgan fingerprint density at radius 3 is 1.70 bits per heavy atom. The lowest BCUT2D eigenvalue weighted by atomic mass is 9.56. The second-order valence-corrected chi connectivity index (χ2v) is 28.2. The SMILES string of the molecule is Cc1cc2c(cc1N1c3c(c(-c4cc5c(cc4Nc4ccc6c(c4)C(C)(C)CCC6(C)C)C(C)(C)CCC5(C)C)cc4c3C(C)(C)c3ccccc3-4)Bc3ccc4c(oc5ccccc54)c31)C(C)(C)CCC2(C)C. The van der Waals surface area contributed by atoms with Crippen LogP contribution in [0.25, 0.3) is 44.2 Å². The Morgan fingerprint density at radius 1 is 0.459 bits per heavy atom. The Balaban J connectivity index is 1.16. The van der Waals surface area contributed by atoms with Crippen LogP contribution in [0.3, 0.4) is 0 Å². The summed E-state index contributed by atoms with van der Waals surface area (Å²) in [6.07, 6.45) is 7.02. The third kappa shape index (κ3) is 6.77. The molecule has 0 fully saturated rings. The number of hydrogen-bond acceptors (Lipinski definition) is 3. The van der Waals surface area contributed by atoms with Gasteiger partial charge >= 0.3 is 0 Å². The van der Waals surface area contributed by atoms with Crippen molar-refractivity contribution in [3.05, 3.63) is 159 Å². The van der Waals surface area contributed by atoms with Gasteiger partial charge in [0.15, 0.2) is 12.9 Å². The quantitative estimate of drug-likeness (QED) is 0.178. The average Bonchev–Trinajstić information content (AvgIpc) is 3.84. The monoisotopic (exact) mass is 973 g/mol. The molecule has 3 nitrogen and oxygen atoms in total. The van der Waals surface area contributed by atoms with Gasteiger partial charge in [0, 0.05) is 44.5 Å². The summed E-state index contributed by atoms with van der Waals surface area (Å²) in [7, 11) is 0.777. The second-order valence-electron chi connectivity index (χ2n) is 28.2. The molecule has 1 N–H and O–H groups in total. The minimum Gasteiger partial charge on any atom is -0.454 e. The maximum atomic E-state index is 7.20. The Morgan fingerprint density at radius 2 is 1.03 bits per heavy atom. The highest BCUT2D eigenvalue weighted by molar-refractivity contribution is 6.74. The summed E-state index contributed by atoms with van der Waals surface area (Å²) in [5.41, 5.74) is 29.0. The van der Waals surface area contributed by atoms with Crippen molar-refractivity contribution in [2.45, 2.75) is 180 Å². The van der Waals surface area contributed by atoms with Gasteiger partial charge < -0.3 is 14.6 Å². The normalized spacial score (nSPS) is 20.3. The van der Waals surface area contributed by atoms with Gasteiger partial charge in [-0.05, 0) is 193 Å². The topological polar surface area (TPSA) is 28.4 Å². The van der Waals surface area contributed by atoms with E-state index < -0.39 is 0 Å². The Labute approximate surface area is 442 Å². The number of furan rings is 1. The molecule has 2 heterocycles. The lowest BCUT2D eigenvalue weighted by Gasteiger charge is -2.44. The van der Waals surface area contributed by atoms with E-state index in [4.69, 9.17) is 4.42 Å². The molecule has 8 aromatic rings. The fraction of sp³-hybridized carbons (Fsp3) is 0.400. The zero-order valence-corrected chi connectivity index (χ0v) is 47.2. The van der Waals surface area contributed by atoms with Gasteiger partial charge in [-0.3, -0.25) is 0 Å². The number of anilines is 5. The summed E-state index contributed by atoms with van der Waals surface area (Å²) in [4.78, 5) is 2.73. The van der Waals surface area contributed by atoms with E-state index in [-0.39, 0.29) is 37.9 Å². The van der Waals surface area contributed by atoms with E-state index in [1.807, 2.05) is 0 Å². The highest BCUT2D eigenvalue weighted by Gasteiger charge is 2.46. The summed E-state index contributed by atoms with van der Waals surface area (Å²) in [6, 6.07) is 43.1. The molecule has 0 saturated carbocycles. The number of hydrogen-bond donors (Lipinski definition) is 1. The molecule has 4 heteroatoms. The van der Waals surface area contributed by atoms with Crippen LogP contribution in [0.5, 0.6) is 0 Å². The van der Waals surface area contributed by atoms with Crippen molar-refractivity contribution in [2.24, 2.45) is 0 Å². The van der Waals surface area contributed by atoms with Crippen LogP contribution in [0.15, 0.2) is 114 Å². The van der Waals surface area contributed by atoms with Gasteiger partial charge in [-0.15, -0.1) is 0 Å². The summed E-state index contributed by atoms with van der Waals surface area (Å²) >= 11 is 0. The molecule has 1 aromatic heterocycles. The summed E-state index contributed by atoms with van der Waals surface area (Å²) < 4.78 is 7.20. The zero-order chi connectivity index (χ0) is 52.0. The Hall–Kier alpha value is -6.00.